The summed E-state index contributed by atoms with van der Waals surface area (Å²) in [5.74, 6) is -0.326. The first-order chi connectivity index (χ1) is 21.3. The van der Waals surface area contributed by atoms with Gasteiger partial charge in [-0.05, 0) is 61.4 Å². The maximum absolute atomic E-state index is 13.5. The number of Topliss-reactive ketones (excluding diaryl/α,β-unsaturated/α-hetero) is 1. The van der Waals surface area contributed by atoms with Gasteiger partial charge in [-0.1, -0.05) is 94.4 Å². The first-order valence-electron chi connectivity index (χ1n) is 15.4. The summed E-state index contributed by atoms with van der Waals surface area (Å²) in [6.07, 6.45) is 0.451. The summed E-state index contributed by atoms with van der Waals surface area (Å²) < 4.78 is 12.8. The molecule has 3 aromatic carbocycles. The number of esters is 1. The van der Waals surface area contributed by atoms with E-state index in [0.717, 1.165) is 16.7 Å². The second-order valence-corrected chi connectivity index (χ2v) is 12.4. The molecule has 0 bridgehead atoms. The molecule has 0 aliphatic carbocycles. The highest BCUT2D eigenvalue weighted by molar-refractivity contribution is 5.98. The number of amides is 1. The van der Waals surface area contributed by atoms with Crippen LogP contribution in [0.4, 0.5) is 0 Å². The fourth-order valence-electron chi connectivity index (χ4n) is 4.85. The highest BCUT2D eigenvalue weighted by Crippen LogP contribution is 2.28. The van der Waals surface area contributed by atoms with Crippen molar-refractivity contribution in [2.75, 3.05) is 6.61 Å². The van der Waals surface area contributed by atoms with Crippen molar-refractivity contribution in [1.29, 1.82) is 0 Å². The molecular formula is C37H43N3O5. The Bertz CT molecular complexity index is 1650. The molecule has 0 aliphatic rings. The molecule has 0 spiro atoms. The van der Waals surface area contributed by atoms with Crippen LogP contribution in [-0.4, -0.2) is 39.6 Å². The molecule has 8 nitrogen and oxygen atoms in total. The number of ketones is 1. The van der Waals surface area contributed by atoms with Crippen molar-refractivity contribution >= 4 is 17.7 Å². The van der Waals surface area contributed by atoms with Crippen LogP contribution in [0.2, 0.25) is 0 Å². The monoisotopic (exact) mass is 609 g/mol. The topological polar surface area (TPSA) is 99.5 Å². The number of aryl methyl sites for hydroxylation is 1. The van der Waals surface area contributed by atoms with Gasteiger partial charge in [0, 0.05) is 17.7 Å². The predicted octanol–water partition coefficient (Wildman–Crippen LogP) is 7.08. The van der Waals surface area contributed by atoms with E-state index in [1.54, 1.807) is 38.1 Å². The van der Waals surface area contributed by atoms with Gasteiger partial charge in [0.1, 0.15) is 18.0 Å². The lowest BCUT2D eigenvalue weighted by atomic mass is 9.86. The minimum Gasteiger partial charge on any atom is -0.476 e. The molecule has 1 amide bonds. The van der Waals surface area contributed by atoms with Crippen LogP contribution in [0.5, 0.6) is 5.75 Å². The number of nitrogens with one attached hydrogen (secondary N) is 1. The zero-order valence-electron chi connectivity index (χ0n) is 27.3. The van der Waals surface area contributed by atoms with E-state index in [4.69, 9.17) is 9.47 Å². The summed E-state index contributed by atoms with van der Waals surface area (Å²) in [7, 11) is 0. The maximum Gasteiger partial charge on any atom is 0.350 e. The quantitative estimate of drug-likeness (QED) is 0.136. The van der Waals surface area contributed by atoms with E-state index in [1.807, 2.05) is 56.3 Å². The van der Waals surface area contributed by atoms with Gasteiger partial charge in [0.2, 0.25) is 5.60 Å². The van der Waals surface area contributed by atoms with Gasteiger partial charge in [-0.3, -0.25) is 14.3 Å². The van der Waals surface area contributed by atoms with Crippen molar-refractivity contribution in [3.8, 4) is 17.0 Å². The summed E-state index contributed by atoms with van der Waals surface area (Å²) in [6, 6.07) is 24.4. The Morgan fingerprint density at radius 3 is 2.18 bits per heavy atom. The molecule has 1 heterocycles. The molecule has 1 N–H and O–H groups in total. The van der Waals surface area contributed by atoms with E-state index in [2.05, 4.69) is 43.3 Å². The van der Waals surface area contributed by atoms with E-state index in [-0.39, 0.29) is 36.8 Å². The summed E-state index contributed by atoms with van der Waals surface area (Å²) in [5.41, 5.74) is 4.08. The van der Waals surface area contributed by atoms with Crippen LogP contribution in [0.25, 0.3) is 11.3 Å². The second kappa shape index (κ2) is 13.9. The van der Waals surface area contributed by atoms with Crippen LogP contribution < -0.4 is 10.1 Å². The minimum absolute atomic E-state index is 0.00425. The average molecular weight is 610 g/mol. The second-order valence-electron chi connectivity index (χ2n) is 12.4. The van der Waals surface area contributed by atoms with Crippen LogP contribution in [0, 0.1) is 6.92 Å². The van der Waals surface area contributed by atoms with E-state index in [1.165, 1.54) is 10.2 Å². The van der Waals surface area contributed by atoms with E-state index in [0.29, 0.717) is 29.1 Å². The van der Waals surface area contributed by atoms with Crippen molar-refractivity contribution in [1.82, 2.24) is 15.1 Å². The lowest BCUT2D eigenvalue weighted by molar-refractivity contribution is -0.160. The summed E-state index contributed by atoms with van der Waals surface area (Å²) in [5, 5.41) is 7.67. The van der Waals surface area contributed by atoms with Crippen molar-refractivity contribution < 1.29 is 23.9 Å². The molecule has 0 fully saturated rings. The molecular weight excluding hydrogens is 566 g/mol. The molecule has 1 aromatic heterocycles. The molecule has 0 saturated carbocycles. The van der Waals surface area contributed by atoms with Crippen molar-refractivity contribution in [2.24, 2.45) is 0 Å². The number of carbonyl (C=O) groups excluding carboxylic acids is 3. The molecule has 0 saturated heterocycles. The Balaban J connectivity index is 1.55. The Kier molecular flexibility index (Phi) is 10.3. The molecule has 4 rings (SSSR count). The van der Waals surface area contributed by atoms with E-state index >= 15 is 0 Å². The van der Waals surface area contributed by atoms with E-state index < -0.39 is 11.6 Å². The van der Waals surface area contributed by atoms with Crippen LogP contribution in [-0.2, 0) is 28.0 Å². The van der Waals surface area contributed by atoms with E-state index in [9.17, 15) is 14.4 Å². The first kappa shape index (κ1) is 33.2. The SMILES string of the molecule is CCOC(=O)C(C)(CC)Oc1ccc(CNC(=O)c2cc(-c3ccc(C(C)(C)C)cc3)nn2CC(=O)c2ccccc2)cc1C. The number of carbonyl (C=O) groups is 3. The maximum atomic E-state index is 13.5. The molecule has 45 heavy (non-hydrogen) atoms. The smallest absolute Gasteiger partial charge is 0.350 e. The molecule has 8 heteroatoms. The summed E-state index contributed by atoms with van der Waals surface area (Å²) in [4.78, 5) is 39.1. The van der Waals surface area contributed by atoms with Crippen molar-refractivity contribution in [3.05, 3.63) is 107 Å². The molecule has 4 aromatic rings. The van der Waals surface area contributed by atoms with Gasteiger partial charge >= 0.3 is 5.97 Å². The van der Waals surface area contributed by atoms with Crippen LogP contribution >= 0.6 is 0 Å². The third-order valence-electron chi connectivity index (χ3n) is 7.86. The zero-order valence-corrected chi connectivity index (χ0v) is 27.3. The minimum atomic E-state index is -1.10. The number of hydrogen-bond acceptors (Lipinski definition) is 6. The predicted molar refractivity (Wildman–Crippen MR) is 175 cm³/mol. The van der Waals surface area contributed by atoms with Gasteiger partial charge in [0.25, 0.3) is 5.91 Å². The fourth-order valence-corrected chi connectivity index (χ4v) is 4.85. The molecule has 1 unspecified atom stereocenters. The Labute approximate surface area is 265 Å². The van der Waals surface area contributed by atoms with Gasteiger partial charge in [0.15, 0.2) is 5.78 Å². The molecule has 1 atom stereocenters. The van der Waals surface area contributed by atoms with Crippen LogP contribution in [0.3, 0.4) is 0 Å². The summed E-state index contributed by atoms with van der Waals surface area (Å²) >= 11 is 0. The number of ether oxygens (including phenoxy) is 2. The molecule has 0 aliphatic heterocycles. The third-order valence-corrected chi connectivity index (χ3v) is 7.86. The van der Waals surface area contributed by atoms with Gasteiger partial charge < -0.3 is 14.8 Å². The number of rotatable bonds is 12. The Morgan fingerprint density at radius 2 is 1.58 bits per heavy atom. The Hall–Kier alpha value is -4.72. The number of benzene rings is 3. The normalized spacial score (nSPS) is 12.7. The van der Waals surface area contributed by atoms with Gasteiger partial charge in [-0.2, -0.15) is 5.10 Å². The van der Waals surface area contributed by atoms with Crippen LogP contribution in [0.1, 0.15) is 85.5 Å². The van der Waals surface area contributed by atoms with Gasteiger partial charge in [0.05, 0.1) is 12.3 Å². The Morgan fingerprint density at radius 1 is 0.889 bits per heavy atom. The highest BCUT2D eigenvalue weighted by Gasteiger charge is 2.35. The van der Waals surface area contributed by atoms with Crippen LogP contribution in [0.15, 0.2) is 78.9 Å². The molecule has 236 valence electrons. The van der Waals surface area contributed by atoms with Crippen molar-refractivity contribution in [2.45, 2.75) is 79.0 Å². The number of hydrogen-bond donors (Lipinski definition) is 1. The van der Waals surface area contributed by atoms with Gasteiger partial charge in [-0.25, -0.2) is 4.79 Å². The fraction of sp³-hybridized carbons (Fsp3) is 0.351. The van der Waals surface area contributed by atoms with Crippen molar-refractivity contribution in [3.63, 3.8) is 0 Å². The standard InChI is InChI=1S/C37H43N3O5/c1-8-37(7,35(43)44-9-2)45-33-20-15-26(21-25(33)3)23-38-34(42)31-22-30(27-16-18-29(19-17-27)36(4,5)6)39-40(31)24-32(41)28-13-11-10-12-14-28/h10-22H,8-9,23-24H2,1-7H3,(H,38,42). The first-order valence-corrected chi connectivity index (χ1v) is 15.4. The average Bonchev–Trinajstić information content (AvgIpc) is 3.45. The number of aromatic nitrogens is 2. The lowest BCUT2D eigenvalue weighted by Gasteiger charge is -2.28. The molecule has 0 radical (unpaired) electrons. The summed E-state index contributed by atoms with van der Waals surface area (Å²) in [6.45, 7) is 14.2. The number of nitrogens with zero attached hydrogens (tertiary/aromatic N) is 2. The van der Waals surface area contributed by atoms with Gasteiger partial charge in [-0.15, -0.1) is 0 Å². The highest BCUT2D eigenvalue weighted by atomic mass is 16.6. The third kappa shape index (κ3) is 8.06. The largest absolute Gasteiger partial charge is 0.476 e. The lowest BCUT2D eigenvalue weighted by Crippen LogP contribution is -2.42. The zero-order chi connectivity index (χ0) is 32.8.